The van der Waals surface area contributed by atoms with Gasteiger partial charge in [0.2, 0.25) is 0 Å². The van der Waals surface area contributed by atoms with E-state index >= 15 is 0 Å². The van der Waals surface area contributed by atoms with Crippen LogP contribution in [0.2, 0.25) is 0 Å². The molecule has 0 amide bonds. The summed E-state index contributed by atoms with van der Waals surface area (Å²) < 4.78 is 31.6. The minimum atomic E-state index is -4.67. The van der Waals surface area contributed by atoms with E-state index in [4.69, 9.17) is 27.6 Å². The predicted octanol–water partition coefficient (Wildman–Crippen LogP) is -2.42. The Kier molecular flexibility index (Phi) is 6.73. The van der Waals surface area contributed by atoms with Crippen molar-refractivity contribution in [3.8, 4) is 0 Å². The minimum absolute atomic E-state index is 0.750. The Labute approximate surface area is 46.7 Å². The fourth-order valence-electron chi connectivity index (χ4n) is 0. The van der Waals surface area contributed by atoms with Crippen molar-refractivity contribution < 1.29 is 27.6 Å². The van der Waals surface area contributed by atoms with Gasteiger partial charge in [0.1, 0.15) is 0 Å². The van der Waals surface area contributed by atoms with Gasteiger partial charge < -0.3 is 10.0 Å². The van der Waals surface area contributed by atoms with Crippen LogP contribution >= 0.6 is 0 Å². The van der Waals surface area contributed by atoms with Crippen molar-refractivity contribution >= 4 is 18.1 Å². The van der Waals surface area contributed by atoms with Gasteiger partial charge in [0.25, 0.3) is 0 Å². The molecule has 0 saturated carbocycles. The molecule has 8 heteroatoms. The molecule has 6 nitrogen and oxygen atoms in total. The summed E-state index contributed by atoms with van der Waals surface area (Å²) in [6.07, 6.45) is 0. The molecule has 0 fully saturated rings. The van der Waals surface area contributed by atoms with Crippen molar-refractivity contribution in [3.05, 3.63) is 0 Å². The molecule has 0 aromatic heterocycles. The number of hydrogen-bond donors (Lipinski definition) is 4. The van der Waals surface area contributed by atoms with Gasteiger partial charge in [-0.1, -0.05) is 0 Å². The lowest BCUT2D eigenvalue weighted by molar-refractivity contribution is 0.381. The monoisotopic (exact) mass is 144 g/mol. The van der Waals surface area contributed by atoms with Gasteiger partial charge in [-0.15, -0.1) is 0 Å². The van der Waals surface area contributed by atoms with Gasteiger partial charge in [0.15, 0.2) is 0 Å². The zero-order valence-electron chi connectivity index (χ0n) is 3.72. The van der Waals surface area contributed by atoms with E-state index in [1.54, 1.807) is 0 Å². The van der Waals surface area contributed by atoms with Crippen LogP contribution in [-0.2, 0) is 10.4 Å². The maximum absolute atomic E-state index is 8.74. The Morgan fingerprint density at radius 1 is 1.12 bits per heavy atom. The lowest BCUT2D eigenvalue weighted by Gasteiger charge is -1.68. The van der Waals surface area contributed by atoms with E-state index in [0.717, 1.165) is 0 Å². The Bertz CT molecular complexity index is 102. The molecule has 0 aliphatic carbocycles. The van der Waals surface area contributed by atoms with Gasteiger partial charge >= 0.3 is 18.1 Å². The molecule has 0 atom stereocenters. The lowest BCUT2D eigenvalue weighted by Crippen LogP contribution is -1.89. The average molecular weight is 144 g/mol. The van der Waals surface area contributed by atoms with Crippen molar-refractivity contribution in [3.63, 3.8) is 0 Å². The average Bonchev–Trinajstić information content (AvgIpc) is 1.27. The first-order valence-corrected chi connectivity index (χ1v) is 2.73. The van der Waals surface area contributed by atoms with Crippen LogP contribution in [0.15, 0.2) is 0 Å². The second-order valence-electron chi connectivity index (χ2n) is 0.589. The van der Waals surface area contributed by atoms with Crippen molar-refractivity contribution in [2.45, 2.75) is 0 Å². The largest absolute Gasteiger partial charge is 0.432 e. The first kappa shape index (κ1) is 10.8. The number of hydrogen-bond acceptors (Lipinski definition) is 4. The Morgan fingerprint density at radius 2 is 1.12 bits per heavy atom. The van der Waals surface area contributed by atoms with Crippen molar-refractivity contribution in [2.75, 3.05) is 0 Å². The third kappa shape index (κ3) is 6560. The molecule has 0 saturated heterocycles. The first-order chi connectivity index (χ1) is 3.41. The Morgan fingerprint density at radius 3 is 1.12 bits per heavy atom. The smallest absolute Gasteiger partial charge is 0.430 e. The number of rotatable bonds is 0. The highest BCUT2D eigenvalue weighted by Crippen LogP contribution is 1.59. The summed E-state index contributed by atoms with van der Waals surface area (Å²) in [5.41, 5.74) is 0. The molecular formula is H5BO6S. The summed E-state index contributed by atoms with van der Waals surface area (Å²) >= 11 is 0. The van der Waals surface area contributed by atoms with Crippen LogP contribution < -0.4 is 0 Å². The quantitative estimate of drug-likeness (QED) is 0.222. The van der Waals surface area contributed by atoms with Crippen LogP contribution in [0, 0.1) is 0 Å². The van der Waals surface area contributed by atoms with Gasteiger partial charge in [-0.25, -0.2) is 0 Å². The van der Waals surface area contributed by atoms with Crippen LogP contribution in [0.5, 0.6) is 0 Å². The molecule has 50 valence electrons. The summed E-state index contributed by atoms with van der Waals surface area (Å²) in [7, 11) is -5.42. The standard InChI is InChI=1S/BH3O2.H2O4S/c2-1-3;1-5(2,3)4/h1-3H;(H2,1,2,3,4). The molecule has 0 spiro atoms. The fourth-order valence-corrected chi connectivity index (χ4v) is 0. The molecular weight excluding hydrogens is 139 g/mol. The summed E-state index contributed by atoms with van der Waals surface area (Å²) in [4.78, 5) is 0. The van der Waals surface area contributed by atoms with Gasteiger partial charge in [0.05, 0.1) is 0 Å². The molecule has 0 aliphatic heterocycles. The highest BCUT2D eigenvalue weighted by Gasteiger charge is 1.84. The van der Waals surface area contributed by atoms with Gasteiger partial charge in [-0.05, 0) is 0 Å². The minimum Gasteiger partial charge on any atom is -0.430 e. The lowest BCUT2D eigenvalue weighted by atomic mass is 10.5. The Balaban J connectivity index is 0. The van der Waals surface area contributed by atoms with E-state index < -0.39 is 18.1 Å². The third-order valence-corrected chi connectivity index (χ3v) is 0. The maximum Gasteiger partial charge on any atom is 0.432 e. The second-order valence-corrected chi connectivity index (χ2v) is 1.48. The summed E-state index contributed by atoms with van der Waals surface area (Å²) in [5, 5.41) is 14.2. The molecule has 0 rings (SSSR count). The predicted molar refractivity (Wildman–Crippen MR) is 25.8 cm³/mol. The molecule has 8 heavy (non-hydrogen) atoms. The highest BCUT2D eigenvalue weighted by atomic mass is 32.3. The third-order valence-electron chi connectivity index (χ3n) is 0. The SMILES string of the molecule is O=S(=O)(O)O.OBO. The van der Waals surface area contributed by atoms with Crippen molar-refractivity contribution in [1.82, 2.24) is 0 Å². The van der Waals surface area contributed by atoms with Crippen LogP contribution in [0.4, 0.5) is 0 Å². The molecule has 0 aromatic rings. The van der Waals surface area contributed by atoms with Crippen molar-refractivity contribution in [2.24, 2.45) is 0 Å². The summed E-state index contributed by atoms with van der Waals surface area (Å²) in [6, 6.07) is 0. The van der Waals surface area contributed by atoms with Crippen LogP contribution in [0.25, 0.3) is 0 Å². The molecule has 4 N–H and O–H groups in total. The molecule has 0 aliphatic rings. The van der Waals surface area contributed by atoms with Gasteiger partial charge in [-0.2, -0.15) is 8.42 Å². The van der Waals surface area contributed by atoms with E-state index in [1.165, 1.54) is 0 Å². The topological polar surface area (TPSA) is 115 Å². The fraction of sp³-hybridized carbons (Fsp3) is 0. The van der Waals surface area contributed by atoms with Crippen LogP contribution in [0.1, 0.15) is 0 Å². The first-order valence-electron chi connectivity index (χ1n) is 1.33. The van der Waals surface area contributed by atoms with Crippen LogP contribution in [0.3, 0.4) is 0 Å². The van der Waals surface area contributed by atoms with E-state index in [-0.39, 0.29) is 0 Å². The zero-order chi connectivity index (χ0) is 7.21. The molecule has 0 unspecified atom stereocenters. The zero-order valence-corrected chi connectivity index (χ0v) is 4.54. The molecule has 0 bridgehead atoms. The van der Waals surface area contributed by atoms with E-state index in [0.29, 0.717) is 0 Å². The molecule has 0 radical (unpaired) electrons. The van der Waals surface area contributed by atoms with E-state index in [9.17, 15) is 0 Å². The Hall–Kier alpha value is -0.145. The van der Waals surface area contributed by atoms with Crippen molar-refractivity contribution in [1.29, 1.82) is 0 Å². The van der Waals surface area contributed by atoms with Gasteiger partial charge in [-0.3, -0.25) is 9.11 Å². The molecule has 0 aromatic carbocycles. The van der Waals surface area contributed by atoms with Gasteiger partial charge in [0, 0.05) is 0 Å². The van der Waals surface area contributed by atoms with E-state index in [2.05, 4.69) is 0 Å². The second kappa shape index (κ2) is 5.00. The maximum atomic E-state index is 8.74. The van der Waals surface area contributed by atoms with Crippen LogP contribution in [-0.4, -0.2) is 35.3 Å². The molecule has 0 heterocycles. The normalized spacial score (nSPS) is 9.00. The highest BCUT2D eigenvalue weighted by molar-refractivity contribution is 7.79. The summed E-state index contributed by atoms with van der Waals surface area (Å²) in [6.45, 7) is 0. The van der Waals surface area contributed by atoms with E-state index in [1.807, 2.05) is 0 Å². The summed E-state index contributed by atoms with van der Waals surface area (Å²) in [5.74, 6) is 0.